The van der Waals surface area contributed by atoms with Gasteiger partial charge in [-0.25, -0.2) is 4.98 Å². The zero-order valence-corrected chi connectivity index (χ0v) is 13.1. The largest absolute Gasteiger partial charge is 0.378 e. The standard InChI is InChI=1S/C16H20N4O2/c1-4-19(16-15(20(21)22)6-5-11-17-16)12-13-7-9-14(10-8-13)18(2)3/h5-11H,4,12H2,1-3H3. The Morgan fingerprint density at radius 3 is 2.41 bits per heavy atom. The maximum atomic E-state index is 11.1. The van der Waals surface area contributed by atoms with Crippen molar-refractivity contribution in [2.75, 3.05) is 30.4 Å². The van der Waals surface area contributed by atoms with Crippen LogP contribution < -0.4 is 9.80 Å². The fourth-order valence-electron chi connectivity index (χ4n) is 2.23. The van der Waals surface area contributed by atoms with Crippen LogP contribution in [-0.4, -0.2) is 30.5 Å². The van der Waals surface area contributed by atoms with Crippen LogP contribution in [0.25, 0.3) is 0 Å². The molecule has 6 nitrogen and oxygen atoms in total. The summed E-state index contributed by atoms with van der Waals surface area (Å²) in [6.45, 7) is 3.20. The minimum Gasteiger partial charge on any atom is -0.378 e. The maximum Gasteiger partial charge on any atom is 0.311 e. The number of rotatable bonds is 6. The van der Waals surface area contributed by atoms with E-state index in [4.69, 9.17) is 0 Å². The molecule has 116 valence electrons. The molecule has 2 aromatic rings. The molecule has 22 heavy (non-hydrogen) atoms. The molecule has 0 saturated heterocycles. The van der Waals surface area contributed by atoms with E-state index in [0.717, 1.165) is 11.3 Å². The van der Waals surface area contributed by atoms with Crippen molar-refractivity contribution in [1.29, 1.82) is 0 Å². The number of nitro groups is 1. The van der Waals surface area contributed by atoms with Gasteiger partial charge in [0.1, 0.15) is 0 Å². The van der Waals surface area contributed by atoms with Crippen molar-refractivity contribution in [3.8, 4) is 0 Å². The third-order valence-electron chi connectivity index (χ3n) is 3.47. The first-order valence-corrected chi connectivity index (χ1v) is 7.13. The number of aromatic nitrogens is 1. The van der Waals surface area contributed by atoms with E-state index < -0.39 is 0 Å². The maximum absolute atomic E-state index is 11.1. The summed E-state index contributed by atoms with van der Waals surface area (Å²) in [5.41, 5.74) is 2.25. The summed E-state index contributed by atoms with van der Waals surface area (Å²) in [5.74, 6) is 0.409. The lowest BCUT2D eigenvalue weighted by atomic mass is 10.2. The molecule has 6 heteroatoms. The predicted molar refractivity (Wildman–Crippen MR) is 88.4 cm³/mol. The Morgan fingerprint density at radius 1 is 1.18 bits per heavy atom. The normalized spacial score (nSPS) is 10.3. The molecule has 0 aliphatic rings. The third kappa shape index (κ3) is 3.52. The Morgan fingerprint density at radius 2 is 1.86 bits per heavy atom. The summed E-state index contributed by atoms with van der Waals surface area (Å²) in [5, 5.41) is 11.1. The van der Waals surface area contributed by atoms with Crippen molar-refractivity contribution in [1.82, 2.24) is 4.98 Å². The molecule has 0 radical (unpaired) electrons. The van der Waals surface area contributed by atoms with E-state index in [1.807, 2.05) is 55.1 Å². The molecule has 0 N–H and O–H groups in total. The van der Waals surface area contributed by atoms with Crippen LogP contribution in [0.5, 0.6) is 0 Å². The topological polar surface area (TPSA) is 62.5 Å². The van der Waals surface area contributed by atoms with Crippen molar-refractivity contribution in [3.63, 3.8) is 0 Å². The molecule has 0 fully saturated rings. The smallest absolute Gasteiger partial charge is 0.311 e. The van der Waals surface area contributed by atoms with E-state index in [-0.39, 0.29) is 10.6 Å². The molecule has 0 amide bonds. The van der Waals surface area contributed by atoms with Crippen molar-refractivity contribution in [2.45, 2.75) is 13.5 Å². The average molecular weight is 300 g/mol. The van der Waals surface area contributed by atoms with Gasteiger partial charge in [0.05, 0.1) is 4.92 Å². The van der Waals surface area contributed by atoms with Gasteiger partial charge >= 0.3 is 5.69 Å². The fourth-order valence-corrected chi connectivity index (χ4v) is 2.23. The molecule has 1 aromatic heterocycles. The van der Waals surface area contributed by atoms with E-state index in [2.05, 4.69) is 4.98 Å². The Kier molecular flexibility index (Phi) is 4.93. The lowest BCUT2D eigenvalue weighted by molar-refractivity contribution is -0.384. The van der Waals surface area contributed by atoms with Gasteiger partial charge in [-0.15, -0.1) is 0 Å². The molecule has 0 atom stereocenters. The van der Waals surface area contributed by atoms with Gasteiger partial charge in [0.15, 0.2) is 0 Å². The van der Waals surface area contributed by atoms with E-state index in [1.54, 1.807) is 12.3 Å². The van der Waals surface area contributed by atoms with Crippen LogP contribution in [0.3, 0.4) is 0 Å². The third-order valence-corrected chi connectivity index (χ3v) is 3.47. The van der Waals surface area contributed by atoms with Gasteiger partial charge in [-0.3, -0.25) is 10.1 Å². The summed E-state index contributed by atoms with van der Waals surface area (Å²) in [6, 6.07) is 11.2. The van der Waals surface area contributed by atoms with Gasteiger partial charge in [-0.05, 0) is 30.7 Å². The second kappa shape index (κ2) is 6.89. The van der Waals surface area contributed by atoms with E-state index >= 15 is 0 Å². The molecule has 0 aliphatic heterocycles. The first-order chi connectivity index (χ1) is 10.5. The van der Waals surface area contributed by atoms with Gasteiger partial charge in [0, 0.05) is 45.1 Å². The highest BCUT2D eigenvalue weighted by molar-refractivity contribution is 5.57. The second-order valence-electron chi connectivity index (χ2n) is 5.18. The first kappa shape index (κ1) is 15.8. The SMILES string of the molecule is CCN(Cc1ccc(N(C)C)cc1)c1ncccc1[N+](=O)[O-]. The van der Waals surface area contributed by atoms with Gasteiger partial charge < -0.3 is 9.80 Å². The quantitative estimate of drug-likeness (QED) is 0.606. The molecule has 1 aromatic carbocycles. The Bertz CT molecular complexity index is 641. The summed E-state index contributed by atoms with van der Waals surface area (Å²) in [4.78, 5) is 18.9. The second-order valence-corrected chi connectivity index (χ2v) is 5.18. The minimum absolute atomic E-state index is 0.0364. The Balaban J connectivity index is 2.24. The highest BCUT2D eigenvalue weighted by atomic mass is 16.6. The van der Waals surface area contributed by atoms with E-state index in [1.165, 1.54) is 6.07 Å². The van der Waals surface area contributed by atoms with Crippen molar-refractivity contribution >= 4 is 17.2 Å². The highest BCUT2D eigenvalue weighted by Gasteiger charge is 2.19. The molecule has 1 heterocycles. The lowest BCUT2D eigenvalue weighted by Gasteiger charge is -2.22. The van der Waals surface area contributed by atoms with Gasteiger partial charge in [0.25, 0.3) is 0 Å². The summed E-state index contributed by atoms with van der Waals surface area (Å²) < 4.78 is 0. The monoisotopic (exact) mass is 300 g/mol. The van der Waals surface area contributed by atoms with E-state index in [9.17, 15) is 10.1 Å². The molecule has 0 saturated carbocycles. The minimum atomic E-state index is -0.389. The molecule has 0 spiro atoms. The highest BCUT2D eigenvalue weighted by Crippen LogP contribution is 2.26. The zero-order valence-electron chi connectivity index (χ0n) is 13.1. The first-order valence-electron chi connectivity index (χ1n) is 7.13. The van der Waals surface area contributed by atoms with Crippen LogP contribution >= 0.6 is 0 Å². The van der Waals surface area contributed by atoms with Crippen LogP contribution in [-0.2, 0) is 6.54 Å². The molecule has 0 bridgehead atoms. The van der Waals surface area contributed by atoms with Crippen molar-refractivity contribution < 1.29 is 4.92 Å². The average Bonchev–Trinajstić information content (AvgIpc) is 2.53. The number of hydrogen-bond donors (Lipinski definition) is 0. The molecule has 0 aliphatic carbocycles. The van der Waals surface area contributed by atoms with E-state index in [0.29, 0.717) is 18.9 Å². The summed E-state index contributed by atoms with van der Waals surface area (Å²) in [6.07, 6.45) is 1.58. The van der Waals surface area contributed by atoms with Gasteiger partial charge in [-0.1, -0.05) is 12.1 Å². The molecular weight excluding hydrogens is 280 g/mol. The number of benzene rings is 1. The molecule has 2 rings (SSSR count). The van der Waals surface area contributed by atoms with Crippen molar-refractivity contribution in [3.05, 3.63) is 58.3 Å². The van der Waals surface area contributed by atoms with Crippen LogP contribution in [0, 0.1) is 10.1 Å². The predicted octanol–water partition coefficient (Wildman–Crippen LogP) is 3.08. The number of anilines is 2. The molecule has 0 unspecified atom stereocenters. The Labute approximate surface area is 130 Å². The number of pyridine rings is 1. The fraction of sp³-hybridized carbons (Fsp3) is 0.312. The van der Waals surface area contributed by atoms with Crippen molar-refractivity contribution in [2.24, 2.45) is 0 Å². The van der Waals surface area contributed by atoms with Gasteiger partial charge in [0.2, 0.25) is 5.82 Å². The zero-order chi connectivity index (χ0) is 16.1. The van der Waals surface area contributed by atoms with Crippen LogP contribution in [0.2, 0.25) is 0 Å². The Hall–Kier alpha value is -2.63. The summed E-state index contributed by atoms with van der Waals surface area (Å²) in [7, 11) is 3.98. The van der Waals surface area contributed by atoms with Crippen LogP contribution in [0.1, 0.15) is 12.5 Å². The lowest BCUT2D eigenvalue weighted by Crippen LogP contribution is -2.24. The van der Waals surface area contributed by atoms with Crippen LogP contribution in [0.15, 0.2) is 42.6 Å². The van der Waals surface area contributed by atoms with Gasteiger partial charge in [-0.2, -0.15) is 0 Å². The number of hydrogen-bond acceptors (Lipinski definition) is 5. The summed E-state index contributed by atoms with van der Waals surface area (Å²) >= 11 is 0. The molecular formula is C16H20N4O2. The van der Waals surface area contributed by atoms with Crippen LogP contribution in [0.4, 0.5) is 17.2 Å². The number of nitrogens with zero attached hydrogens (tertiary/aromatic N) is 4.